The first-order chi connectivity index (χ1) is 8.15. The molecule has 17 heavy (non-hydrogen) atoms. The van der Waals surface area contributed by atoms with E-state index in [0.717, 1.165) is 0 Å². The molecule has 1 fully saturated rings. The van der Waals surface area contributed by atoms with Crippen LogP contribution in [0, 0.1) is 0 Å². The van der Waals surface area contributed by atoms with Crippen molar-refractivity contribution >= 4 is 0 Å². The molecule has 0 aromatic carbocycles. The van der Waals surface area contributed by atoms with E-state index < -0.39 is 6.61 Å². The number of nitrogens with zero attached hydrogens (tertiary/aromatic N) is 2. The Hall–Kier alpha value is -1.34. The molecule has 5 nitrogen and oxygen atoms in total. The zero-order chi connectivity index (χ0) is 12.3. The highest BCUT2D eigenvalue weighted by Crippen LogP contribution is 2.17. The van der Waals surface area contributed by atoms with Crippen LogP contribution in [0.2, 0.25) is 0 Å². The van der Waals surface area contributed by atoms with Crippen molar-refractivity contribution in [2.24, 2.45) is 0 Å². The Morgan fingerprint density at radius 2 is 2.24 bits per heavy atom. The maximum atomic E-state index is 11.9. The van der Waals surface area contributed by atoms with Crippen LogP contribution < -0.4 is 10.1 Å². The number of aromatic nitrogens is 2. The van der Waals surface area contributed by atoms with Crippen LogP contribution in [0.3, 0.4) is 0 Å². The van der Waals surface area contributed by atoms with Crippen LogP contribution >= 0.6 is 0 Å². The van der Waals surface area contributed by atoms with Gasteiger partial charge in [0.25, 0.3) is 0 Å². The third kappa shape index (κ3) is 3.31. The fourth-order valence-corrected chi connectivity index (χ4v) is 1.64. The van der Waals surface area contributed by atoms with E-state index in [4.69, 9.17) is 4.74 Å². The molecule has 0 amide bonds. The molecule has 1 aromatic heterocycles. The predicted octanol–water partition coefficient (Wildman–Crippen LogP) is 1.13. The number of hydrogen-bond donors (Lipinski definition) is 1. The second kappa shape index (κ2) is 5.33. The summed E-state index contributed by atoms with van der Waals surface area (Å²) < 4.78 is 33.3. The van der Waals surface area contributed by atoms with Gasteiger partial charge >= 0.3 is 6.61 Å². The van der Waals surface area contributed by atoms with Gasteiger partial charge in [0.05, 0.1) is 24.9 Å². The van der Waals surface area contributed by atoms with Gasteiger partial charge in [0.2, 0.25) is 5.88 Å². The van der Waals surface area contributed by atoms with E-state index in [1.807, 2.05) is 6.92 Å². The first-order valence-corrected chi connectivity index (χ1v) is 5.27. The minimum atomic E-state index is -2.88. The van der Waals surface area contributed by atoms with Gasteiger partial charge in [-0.2, -0.15) is 13.9 Å². The third-order valence-corrected chi connectivity index (χ3v) is 2.37. The fraction of sp³-hybridized carbons (Fsp3) is 0.600. The molecule has 2 atom stereocenters. The van der Waals surface area contributed by atoms with E-state index in [-0.39, 0.29) is 18.0 Å². The quantitative estimate of drug-likeness (QED) is 0.865. The number of rotatable bonds is 3. The lowest BCUT2D eigenvalue weighted by Crippen LogP contribution is -2.42. The molecule has 0 bridgehead atoms. The summed E-state index contributed by atoms with van der Waals surface area (Å²) in [7, 11) is 0. The zero-order valence-corrected chi connectivity index (χ0v) is 9.27. The van der Waals surface area contributed by atoms with E-state index in [1.54, 1.807) is 6.07 Å². The Bertz CT molecular complexity index is 361. The Balaban J connectivity index is 2.01. The molecule has 1 saturated heterocycles. The van der Waals surface area contributed by atoms with Crippen LogP contribution in [0.4, 0.5) is 8.78 Å². The highest BCUT2D eigenvalue weighted by atomic mass is 19.3. The van der Waals surface area contributed by atoms with Crippen molar-refractivity contribution in [1.29, 1.82) is 0 Å². The molecule has 0 unspecified atom stereocenters. The highest BCUT2D eigenvalue weighted by Gasteiger charge is 2.21. The molecule has 1 aliphatic heterocycles. The second-order valence-electron chi connectivity index (χ2n) is 3.83. The Kier molecular flexibility index (Phi) is 3.80. The van der Waals surface area contributed by atoms with Crippen LogP contribution in [0.25, 0.3) is 0 Å². The number of ether oxygens (including phenoxy) is 2. The van der Waals surface area contributed by atoms with Gasteiger partial charge in [-0.3, -0.25) is 0 Å². The lowest BCUT2D eigenvalue weighted by atomic mass is 10.1. The lowest BCUT2D eigenvalue weighted by Gasteiger charge is -2.28. The molecule has 0 radical (unpaired) electrons. The van der Waals surface area contributed by atoms with Crippen molar-refractivity contribution in [2.75, 3.05) is 13.2 Å². The first-order valence-electron chi connectivity index (χ1n) is 5.27. The number of nitrogens with one attached hydrogen (secondary N) is 1. The van der Waals surface area contributed by atoms with Crippen molar-refractivity contribution in [3.8, 4) is 5.88 Å². The van der Waals surface area contributed by atoms with Crippen LogP contribution in [0.5, 0.6) is 5.88 Å². The van der Waals surface area contributed by atoms with Gasteiger partial charge in [-0.1, -0.05) is 0 Å². The molecule has 1 N–H and O–H groups in total. The molecule has 94 valence electrons. The number of alkyl halides is 2. The SMILES string of the molecule is C[C@H]1COC[C@@H](c2ccc(OC(F)F)nn2)N1. The molecular formula is C10H13F2N3O2. The number of morpholine rings is 1. The summed E-state index contributed by atoms with van der Waals surface area (Å²) in [6.45, 7) is 0.254. The van der Waals surface area contributed by atoms with Crippen molar-refractivity contribution in [2.45, 2.75) is 25.6 Å². The second-order valence-corrected chi connectivity index (χ2v) is 3.83. The van der Waals surface area contributed by atoms with Gasteiger partial charge in [0.15, 0.2) is 0 Å². The van der Waals surface area contributed by atoms with Gasteiger partial charge in [-0.05, 0) is 13.0 Å². The molecule has 7 heteroatoms. The molecule has 2 heterocycles. The largest absolute Gasteiger partial charge is 0.415 e. The molecule has 1 aromatic rings. The Labute approximate surface area is 97.1 Å². The van der Waals surface area contributed by atoms with E-state index >= 15 is 0 Å². The minimum Gasteiger partial charge on any atom is -0.415 e. The summed E-state index contributed by atoms with van der Waals surface area (Å²) in [5.41, 5.74) is 0.651. The monoisotopic (exact) mass is 245 g/mol. The van der Waals surface area contributed by atoms with Crippen molar-refractivity contribution < 1.29 is 18.3 Å². The van der Waals surface area contributed by atoms with Gasteiger partial charge in [0, 0.05) is 12.1 Å². The van der Waals surface area contributed by atoms with E-state index in [2.05, 4.69) is 20.3 Å². The summed E-state index contributed by atoms with van der Waals surface area (Å²) in [4.78, 5) is 0. The predicted molar refractivity (Wildman–Crippen MR) is 54.8 cm³/mol. The summed E-state index contributed by atoms with van der Waals surface area (Å²) >= 11 is 0. The van der Waals surface area contributed by atoms with Gasteiger partial charge in [0.1, 0.15) is 0 Å². The summed E-state index contributed by atoms with van der Waals surface area (Å²) in [6, 6.07) is 3.14. The normalized spacial score (nSPS) is 24.9. The van der Waals surface area contributed by atoms with Crippen LogP contribution in [-0.2, 0) is 4.74 Å². The third-order valence-electron chi connectivity index (χ3n) is 2.37. The van der Waals surface area contributed by atoms with Crippen LogP contribution in [-0.4, -0.2) is 36.1 Å². The van der Waals surface area contributed by atoms with Gasteiger partial charge < -0.3 is 14.8 Å². The fourth-order valence-electron chi connectivity index (χ4n) is 1.64. The van der Waals surface area contributed by atoms with E-state index in [0.29, 0.717) is 18.9 Å². The van der Waals surface area contributed by atoms with Crippen molar-refractivity contribution in [3.05, 3.63) is 17.8 Å². The number of halogens is 2. The maximum absolute atomic E-state index is 11.9. The minimum absolute atomic E-state index is 0.0631. The highest BCUT2D eigenvalue weighted by molar-refractivity contribution is 5.14. The summed E-state index contributed by atoms with van der Waals surface area (Å²) in [5.74, 6) is -0.187. The lowest BCUT2D eigenvalue weighted by molar-refractivity contribution is -0.0535. The maximum Gasteiger partial charge on any atom is 0.388 e. The average Bonchev–Trinajstić information content (AvgIpc) is 2.29. The molecule has 2 rings (SSSR count). The summed E-state index contributed by atoms with van der Waals surface area (Å²) in [5, 5.41) is 10.7. The van der Waals surface area contributed by atoms with Gasteiger partial charge in [-0.15, -0.1) is 5.10 Å². The van der Waals surface area contributed by atoms with Gasteiger partial charge in [-0.25, -0.2) is 0 Å². The molecule has 0 spiro atoms. The average molecular weight is 245 g/mol. The zero-order valence-electron chi connectivity index (χ0n) is 9.27. The van der Waals surface area contributed by atoms with E-state index in [9.17, 15) is 8.78 Å². The number of hydrogen-bond acceptors (Lipinski definition) is 5. The summed E-state index contributed by atoms with van der Waals surface area (Å²) in [6.07, 6.45) is 0. The van der Waals surface area contributed by atoms with Crippen molar-refractivity contribution in [3.63, 3.8) is 0 Å². The molecular weight excluding hydrogens is 232 g/mol. The molecule has 0 aliphatic carbocycles. The Morgan fingerprint density at radius 3 is 2.82 bits per heavy atom. The Morgan fingerprint density at radius 1 is 1.41 bits per heavy atom. The molecule has 0 saturated carbocycles. The smallest absolute Gasteiger partial charge is 0.388 e. The standard InChI is InChI=1S/C10H13F2N3O2/c1-6-4-16-5-8(13-6)7-2-3-9(15-14-7)17-10(11)12/h2-3,6,8,10,13H,4-5H2,1H3/t6-,8-/m0/s1. The topological polar surface area (TPSA) is 56.3 Å². The molecule has 1 aliphatic rings. The van der Waals surface area contributed by atoms with Crippen LogP contribution in [0.15, 0.2) is 12.1 Å². The van der Waals surface area contributed by atoms with E-state index in [1.165, 1.54) is 6.07 Å². The van der Waals surface area contributed by atoms with Crippen molar-refractivity contribution in [1.82, 2.24) is 15.5 Å². The first kappa shape index (κ1) is 12.1. The van der Waals surface area contributed by atoms with Crippen LogP contribution in [0.1, 0.15) is 18.7 Å².